The number of benzene rings is 2. The minimum absolute atomic E-state index is 0.0893. The number of nitrogens with one attached hydrogen (secondary N) is 2. The highest BCUT2D eigenvalue weighted by Crippen LogP contribution is 2.35. The molecule has 142 valence electrons. The molecule has 1 atom stereocenters. The second-order valence-electron chi connectivity index (χ2n) is 6.60. The second kappa shape index (κ2) is 7.09. The highest BCUT2D eigenvalue weighted by atomic mass is 35.5. The summed E-state index contributed by atoms with van der Waals surface area (Å²) in [5, 5.41) is 9.63. The molecule has 1 aliphatic rings. The number of aryl methyl sites for hydroxylation is 1. The minimum atomic E-state index is -0.759. The standard InChI is InChI=1S/C20H16ClFN4O2/c1-11-2-4-12(5-3-11)14-10-23-26-17(20(28)25-19(14)26)9-18(27)24-13-6-7-16(22)15(21)8-13/h2-8,10,17H,9H2,1H3,(H,24,27)(H,25,28). The molecule has 2 heterocycles. The van der Waals surface area contributed by atoms with Crippen LogP contribution in [0.25, 0.3) is 11.1 Å². The summed E-state index contributed by atoms with van der Waals surface area (Å²) in [6.07, 6.45) is 1.56. The molecule has 4 rings (SSSR count). The van der Waals surface area contributed by atoms with Crippen LogP contribution >= 0.6 is 11.6 Å². The molecule has 0 aliphatic carbocycles. The molecule has 3 aromatic rings. The van der Waals surface area contributed by atoms with E-state index in [-0.39, 0.29) is 17.4 Å². The first kappa shape index (κ1) is 18.2. The van der Waals surface area contributed by atoms with Crippen molar-refractivity contribution in [1.29, 1.82) is 0 Å². The number of fused-ring (bicyclic) bond motifs is 1. The SMILES string of the molecule is Cc1ccc(-c2cnn3c2NC(=O)C3CC(=O)Nc2ccc(F)c(Cl)c2)cc1. The van der Waals surface area contributed by atoms with Crippen LogP contribution in [0.15, 0.2) is 48.7 Å². The van der Waals surface area contributed by atoms with Gasteiger partial charge < -0.3 is 10.6 Å². The van der Waals surface area contributed by atoms with Gasteiger partial charge in [-0.1, -0.05) is 41.4 Å². The fourth-order valence-electron chi connectivity index (χ4n) is 3.12. The lowest BCUT2D eigenvalue weighted by atomic mass is 10.1. The van der Waals surface area contributed by atoms with Gasteiger partial charge in [-0.05, 0) is 30.7 Å². The van der Waals surface area contributed by atoms with E-state index < -0.39 is 17.8 Å². The summed E-state index contributed by atoms with van der Waals surface area (Å²) in [6.45, 7) is 2.00. The van der Waals surface area contributed by atoms with Crippen molar-refractivity contribution in [1.82, 2.24) is 9.78 Å². The molecule has 1 aliphatic heterocycles. The van der Waals surface area contributed by atoms with Crippen molar-refractivity contribution < 1.29 is 14.0 Å². The number of hydrogen-bond donors (Lipinski definition) is 2. The summed E-state index contributed by atoms with van der Waals surface area (Å²) in [4.78, 5) is 24.8. The molecule has 0 bridgehead atoms. The lowest BCUT2D eigenvalue weighted by Crippen LogP contribution is -2.23. The molecule has 2 aromatic carbocycles. The monoisotopic (exact) mass is 398 g/mol. The lowest BCUT2D eigenvalue weighted by Gasteiger charge is -2.10. The third-order valence-electron chi connectivity index (χ3n) is 4.58. The fourth-order valence-corrected chi connectivity index (χ4v) is 3.30. The van der Waals surface area contributed by atoms with Gasteiger partial charge in [0.25, 0.3) is 5.91 Å². The van der Waals surface area contributed by atoms with Crippen LogP contribution in [0.4, 0.5) is 15.9 Å². The van der Waals surface area contributed by atoms with Crippen LogP contribution in [-0.2, 0) is 9.59 Å². The fraction of sp³-hybridized carbons (Fsp3) is 0.150. The van der Waals surface area contributed by atoms with E-state index in [1.54, 1.807) is 6.20 Å². The molecule has 2 N–H and O–H groups in total. The number of halogens is 2. The summed E-state index contributed by atoms with van der Waals surface area (Å²) in [7, 11) is 0. The Kier molecular flexibility index (Phi) is 4.60. The Balaban J connectivity index is 1.52. The van der Waals surface area contributed by atoms with E-state index in [2.05, 4.69) is 15.7 Å². The molecular weight excluding hydrogens is 383 g/mol. The Morgan fingerprint density at radius 2 is 2.04 bits per heavy atom. The van der Waals surface area contributed by atoms with Gasteiger partial charge in [0.15, 0.2) is 0 Å². The quantitative estimate of drug-likeness (QED) is 0.692. The van der Waals surface area contributed by atoms with E-state index in [0.717, 1.165) is 16.7 Å². The van der Waals surface area contributed by atoms with E-state index in [1.165, 1.54) is 22.9 Å². The van der Waals surface area contributed by atoms with Crippen LogP contribution in [0.2, 0.25) is 5.02 Å². The van der Waals surface area contributed by atoms with Crippen molar-refractivity contribution in [2.24, 2.45) is 0 Å². The summed E-state index contributed by atoms with van der Waals surface area (Å²) in [6, 6.07) is 11.0. The minimum Gasteiger partial charge on any atom is -0.326 e. The Hall–Kier alpha value is -3.19. The normalized spacial score (nSPS) is 15.2. The van der Waals surface area contributed by atoms with Crippen molar-refractivity contribution >= 4 is 34.9 Å². The topological polar surface area (TPSA) is 76.0 Å². The zero-order valence-electron chi connectivity index (χ0n) is 14.9. The first-order valence-corrected chi connectivity index (χ1v) is 9.00. The van der Waals surface area contributed by atoms with Gasteiger partial charge in [-0.2, -0.15) is 5.10 Å². The van der Waals surface area contributed by atoms with Crippen molar-refractivity contribution in [3.8, 4) is 11.1 Å². The van der Waals surface area contributed by atoms with Crippen LogP contribution in [0.3, 0.4) is 0 Å². The molecule has 0 spiro atoms. The van der Waals surface area contributed by atoms with Gasteiger partial charge in [-0.25, -0.2) is 9.07 Å². The van der Waals surface area contributed by atoms with Gasteiger partial charge >= 0.3 is 0 Å². The molecule has 8 heteroatoms. The maximum atomic E-state index is 13.2. The summed E-state index contributed by atoms with van der Waals surface area (Å²) in [5.74, 6) is -0.706. The Bertz CT molecular complexity index is 1080. The molecule has 1 aromatic heterocycles. The second-order valence-corrected chi connectivity index (χ2v) is 7.01. The van der Waals surface area contributed by atoms with E-state index in [9.17, 15) is 14.0 Å². The zero-order chi connectivity index (χ0) is 19.8. The number of anilines is 2. The average molecular weight is 399 g/mol. The number of carbonyl (C=O) groups excluding carboxylic acids is 2. The number of amides is 2. The van der Waals surface area contributed by atoms with Gasteiger partial charge in [0.2, 0.25) is 5.91 Å². The third-order valence-corrected chi connectivity index (χ3v) is 4.87. The maximum absolute atomic E-state index is 13.2. The van der Waals surface area contributed by atoms with Crippen molar-refractivity contribution in [3.63, 3.8) is 0 Å². The molecule has 2 amide bonds. The highest BCUT2D eigenvalue weighted by Gasteiger charge is 2.35. The van der Waals surface area contributed by atoms with E-state index in [1.807, 2.05) is 31.2 Å². The predicted octanol–water partition coefficient (Wildman–Crippen LogP) is 4.17. The Labute approximate surface area is 165 Å². The molecule has 0 radical (unpaired) electrons. The van der Waals surface area contributed by atoms with Crippen LogP contribution in [0.1, 0.15) is 18.0 Å². The average Bonchev–Trinajstić information content (AvgIpc) is 3.19. The molecule has 6 nitrogen and oxygen atoms in total. The lowest BCUT2D eigenvalue weighted by molar-refractivity contribution is -0.123. The van der Waals surface area contributed by atoms with E-state index in [0.29, 0.717) is 11.5 Å². The van der Waals surface area contributed by atoms with Crippen molar-refractivity contribution in [2.75, 3.05) is 10.6 Å². The summed E-state index contributed by atoms with van der Waals surface area (Å²) >= 11 is 5.72. The molecule has 0 saturated carbocycles. The number of hydrogen-bond acceptors (Lipinski definition) is 3. The Morgan fingerprint density at radius 1 is 1.29 bits per heavy atom. The summed E-state index contributed by atoms with van der Waals surface area (Å²) < 4.78 is 14.8. The van der Waals surface area contributed by atoms with Crippen molar-refractivity contribution in [3.05, 3.63) is 65.1 Å². The van der Waals surface area contributed by atoms with Gasteiger partial charge in [-0.3, -0.25) is 9.59 Å². The smallest absolute Gasteiger partial charge is 0.251 e. The number of carbonyl (C=O) groups is 2. The van der Waals surface area contributed by atoms with Gasteiger partial charge in [0, 0.05) is 11.3 Å². The van der Waals surface area contributed by atoms with Gasteiger partial charge in [0.1, 0.15) is 17.7 Å². The number of aromatic nitrogens is 2. The highest BCUT2D eigenvalue weighted by molar-refractivity contribution is 6.31. The molecule has 28 heavy (non-hydrogen) atoms. The maximum Gasteiger partial charge on any atom is 0.251 e. The van der Waals surface area contributed by atoms with E-state index >= 15 is 0 Å². The van der Waals surface area contributed by atoms with Crippen LogP contribution < -0.4 is 10.6 Å². The van der Waals surface area contributed by atoms with Gasteiger partial charge in [-0.15, -0.1) is 0 Å². The first-order chi connectivity index (χ1) is 13.4. The van der Waals surface area contributed by atoms with E-state index in [4.69, 9.17) is 11.6 Å². The summed E-state index contributed by atoms with van der Waals surface area (Å²) in [5.41, 5.74) is 3.21. The van der Waals surface area contributed by atoms with Gasteiger partial charge in [0.05, 0.1) is 17.6 Å². The number of nitrogens with zero attached hydrogens (tertiary/aromatic N) is 2. The number of rotatable bonds is 4. The molecule has 1 unspecified atom stereocenters. The zero-order valence-corrected chi connectivity index (χ0v) is 15.6. The molecule has 0 saturated heterocycles. The third kappa shape index (κ3) is 3.36. The predicted molar refractivity (Wildman–Crippen MR) is 105 cm³/mol. The molecular formula is C20H16ClFN4O2. The van der Waals surface area contributed by atoms with Crippen LogP contribution in [0, 0.1) is 12.7 Å². The van der Waals surface area contributed by atoms with Crippen molar-refractivity contribution in [2.45, 2.75) is 19.4 Å². The van der Waals surface area contributed by atoms with Crippen LogP contribution in [-0.4, -0.2) is 21.6 Å². The van der Waals surface area contributed by atoms with Crippen LogP contribution in [0.5, 0.6) is 0 Å². The largest absolute Gasteiger partial charge is 0.326 e. The first-order valence-electron chi connectivity index (χ1n) is 8.62. The Morgan fingerprint density at radius 3 is 2.75 bits per heavy atom. The molecule has 0 fully saturated rings.